The van der Waals surface area contributed by atoms with E-state index in [1.807, 2.05) is 6.92 Å². The molecule has 1 saturated heterocycles. The van der Waals surface area contributed by atoms with E-state index in [1.54, 1.807) is 24.3 Å². The van der Waals surface area contributed by atoms with Crippen molar-refractivity contribution in [3.63, 3.8) is 0 Å². The smallest absolute Gasteiger partial charge is 0.313 e. The van der Waals surface area contributed by atoms with Gasteiger partial charge in [-0.05, 0) is 43.8 Å². The van der Waals surface area contributed by atoms with Crippen LogP contribution in [0.5, 0.6) is 0 Å². The maximum atomic E-state index is 12.5. The summed E-state index contributed by atoms with van der Waals surface area (Å²) in [5.41, 5.74) is 3.40. The van der Waals surface area contributed by atoms with E-state index < -0.39 is 11.8 Å². The predicted octanol–water partition coefficient (Wildman–Crippen LogP) is 2.00. The van der Waals surface area contributed by atoms with Gasteiger partial charge in [-0.15, -0.1) is 0 Å². The third-order valence-electron chi connectivity index (χ3n) is 5.57. The standard InChI is InChI=1S/C24H31N5O3/c1-17-4-6-19(7-5-17)22(29-14-12-28(3)13-15-29)16-25-23(31)24(32)27-21-10-8-20(9-11-21)26-18(2)30/h4-11,22H,12-16H2,1-3H3,(H,25,31)(H,26,30)(H,27,32)/t22-/m1/s1. The average molecular weight is 438 g/mol. The Morgan fingerprint density at radius 3 is 1.97 bits per heavy atom. The van der Waals surface area contributed by atoms with Crippen LogP contribution in [0.4, 0.5) is 11.4 Å². The van der Waals surface area contributed by atoms with Crippen molar-refractivity contribution in [3.8, 4) is 0 Å². The van der Waals surface area contributed by atoms with Gasteiger partial charge in [0, 0.05) is 51.0 Å². The van der Waals surface area contributed by atoms with Gasteiger partial charge in [0.15, 0.2) is 0 Å². The van der Waals surface area contributed by atoms with Crippen molar-refractivity contribution in [2.75, 3.05) is 50.4 Å². The molecule has 1 fully saturated rings. The number of likely N-dealkylation sites (N-methyl/N-ethyl adjacent to an activating group) is 1. The zero-order valence-corrected chi connectivity index (χ0v) is 18.9. The Hall–Kier alpha value is -3.23. The average Bonchev–Trinajstić information content (AvgIpc) is 2.77. The first-order chi connectivity index (χ1) is 15.3. The molecular weight excluding hydrogens is 406 g/mol. The third kappa shape index (κ3) is 6.63. The number of amides is 3. The van der Waals surface area contributed by atoms with Crippen LogP contribution in [0.1, 0.15) is 24.1 Å². The molecule has 1 heterocycles. The molecule has 2 aromatic rings. The second-order valence-electron chi connectivity index (χ2n) is 8.19. The Morgan fingerprint density at radius 1 is 0.844 bits per heavy atom. The molecule has 1 aliphatic heterocycles. The molecule has 1 aliphatic rings. The molecule has 0 aromatic heterocycles. The largest absolute Gasteiger partial charge is 0.346 e. The van der Waals surface area contributed by atoms with Crippen LogP contribution in [-0.4, -0.2) is 67.3 Å². The van der Waals surface area contributed by atoms with Crippen LogP contribution < -0.4 is 16.0 Å². The number of rotatable bonds is 6. The van der Waals surface area contributed by atoms with Crippen LogP contribution in [0.3, 0.4) is 0 Å². The molecule has 0 radical (unpaired) electrons. The van der Waals surface area contributed by atoms with E-state index in [0.29, 0.717) is 17.9 Å². The summed E-state index contributed by atoms with van der Waals surface area (Å²) in [5, 5.41) is 8.05. The van der Waals surface area contributed by atoms with Gasteiger partial charge in [-0.2, -0.15) is 0 Å². The lowest BCUT2D eigenvalue weighted by atomic mass is 10.0. The molecule has 32 heavy (non-hydrogen) atoms. The lowest BCUT2D eigenvalue weighted by molar-refractivity contribution is -0.136. The summed E-state index contributed by atoms with van der Waals surface area (Å²) in [6, 6.07) is 14.9. The zero-order valence-electron chi connectivity index (χ0n) is 18.9. The Bertz CT molecular complexity index is 935. The number of benzene rings is 2. The van der Waals surface area contributed by atoms with Crippen LogP contribution in [0.15, 0.2) is 48.5 Å². The minimum absolute atomic E-state index is 0.00186. The Labute approximate surface area is 189 Å². The fraction of sp³-hybridized carbons (Fsp3) is 0.375. The molecule has 3 rings (SSSR count). The fourth-order valence-corrected chi connectivity index (χ4v) is 3.68. The Balaban J connectivity index is 1.60. The second-order valence-corrected chi connectivity index (χ2v) is 8.19. The summed E-state index contributed by atoms with van der Waals surface area (Å²) in [7, 11) is 2.10. The van der Waals surface area contributed by atoms with Crippen molar-refractivity contribution in [1.82, 2.24) is 15.1 Å². The van der Waals surface area contributed by atoms with Crippen LogP contribution in [-0.2, 0) is 14.4 Å². The second kappa shape index (κ2) is 10.9. The van der Waals surface area contributed by atoms with Crippen molar-refractivity contribution < 1.29 is 14.4 Å². The van der Waals surface area contributed by atoms with E-state index in [2.05, 4.69) is 57.1 Å². The van der Waals surface area contributed by atoms with E-state index in [9.17, 15) is 14.4 Å². The summed E-state index contributed by atoms with van der Waals surface area (Å²) >= 11 is 0. The number of hydrogen-bond acceptors (Lipinski definition) is 5. The van der Waals surface area contributed by atoms with Crippen molar-refractivity contribution in [3.05, 3.63) is 59.7 Å². The van der Waals surface area contributed by atoms with E-state index in [4.69, 9.17) is 0 Å². The molecule has 0 saturated carbocycles. The molecule has 3 amide bonds. The molecule has 170 valence electrons. The maximum Gasteiger partial charge on any atom is 0.313 e. The topological polar surface area (TPSA) is 93.8 Å². The fourth-order valence-electron chi connectivity index (χ4n) is 3.68. The molecule has 8 heteroatoms. The van der Waals surface area contributed by atoms with Gasteiger partial charge in [-0.3, -0.25) is 19.3 Å². The highest BCUT2D eigenvalue weighted by Crippen LogP contribution is 2.22. The number of nitrogens with one attached hydrogen (secondary N) is 3. The quantitative estimate of drug-likeness (QED) is 0.601. The predicted molar refractivity (Wildman–Crippen MR) is 125 cm³/mol. The number of anilines is 2. The highest BCUT2D eigenvalue weighted by molar-refractivity contribution is 6.39. The van der Waals surface area contributed by atoms with Gasteiger partial charge in [0.1, 0.15) is 0 Å². The number of aryl methyl sites for hydroxylation is 1. The monoisotopic (exact) mass is 437 g/mol. The molecule has 0 unspecified atom stereocenters. The van der Waals surface area contributed by atoms with Crippen molar-refractivity contribution in [2.45, 2.75) is 19.9 Å². The molecule has 2 aromatic carbocycles. The van der Waals surface area contributed by atoms with Crippen molar-refractivity contribution in [2.24, 2.45) is 0 Å². The maximum absolute atomic E-state index is 12.5. The van der Waals surface area contributed by atoms with E-state index in [-0.39, 0.29) is 11.9 Å². The van der Waals surface area contributed by atoms with Crippen LogP contribution in [0.25, 0.3) is 0 Å². The van der Waals surface area contributed by atoms with Gasteiger partial charge in [0.05, 0.1) is 6.04 Å². The lowest BCUT2D eigenvalue weighted by Crippen LogP contribution is -2.49. The third-order valence-corrected chi connectivity index (χ3v) is 5.57. The normalized spacial score (nSPS) is 15.6. The highest BCUT2D eigenvalue weighted by atomic mass is 16.2. The number of piperazine rings is 1. The number of carbonyl (C=O) groups excluding carboxylic acids is 3. The van der Waals surface area contributed by atoms with Gasteiger partial charge in [-0.1, -0.05) is 29.8 Å². The first kappa shape index (κ1) is 23.4. The van der Waals surface area contributed by atoms with Crippen molar-refractivity contribution >= 4 is 29.1 Å². The SMILES string of the molecule is CC(=O)Nc1ccc(NC(=O)C(=O)NC[C@H](c2ccc(C)cc2)N2CCN(C)CC2)cc1. The Morgan fingerprint density at radius 2 is 1.41 bits per heavy atom. The van der Waals surface area contributed by atoms with E-state index in [0.717, 1.165) is 31.7 Å². The van der Waals surface area contributed by atoms with Crippen LogP contribution in [0, 0.1) is 6.92 Å². The summed E-state index contributed by atoms with van der Waals surface area (Å²) in [5.74, 6) is -1.58. The van der Waals surface area contributed by atoms with Gasteiger partial charge in [0.2, 0.25) is 5.91 Å². The van der Waals surface area contributed by atoms with Gasteiger partial charge in [0.25, 0.3) is 0 Å². The minimum Gasteiger partial charge on any atom is -0.346 e. The molecule has 1 atom stereocenters. The van der Waals surface area contributed by atoms with E-state index >= 15 is 0 Å². The minimum atomic E-state index is -0.724. The van der Waals surface area contributed by atoms with Gasteiger partial charge >= 0.3 is 11.8 Å². The van der Waals surface area contributed by atoms with Crippen molar-refractivity contribution in [1.29, 1.82) is 0 Å². The first-order valence-corrected chi connectivity index (χ1v) is 10.8. The molecule has 0 aliphatic carbocycles. The van der Waals surface area contributed by atoms with Gasteiger partial charge in [-0.25, -0.2) is 0 Å². The summed E-state index contributed by atoms with van der Waals surface area (Å²) in [6.45, 7) is 7.54. The first-order valence-electron chi connectivity index (χ1n) is 10.8. The Kier molecular flexibility index (Phi) is 7.97. The number of hydrogen-bond donors (Lipinski definition) is 3. The van der Waals surface area contributed by atoms with Crippen LogP contribution >= 0.6 is 0 Å². The van der Waals surface area contributed by atoms with Crippen LogP contribution in [0.2, 0.25) is 0 Å². The number of carbonyl (C=O) groups is 3. The molecule has 3 N–H and O–H groups in total. The zero-order chi connectivity index (χ0) is 23.1. The lowest BCUT2D eigenvalue weighted by Gasteiger charge is -2.38. The number of nitrogens with zero attached hydrogens (tertiary/aromatic N) is 2. The van der Waals surface area contributed by atoms with E-state index in [1.165, 1.54) is 12.5 Å². The summed E-state index contributed by atoms with van der Waals surface area (Å²) in [6.07, 6.45) is 0. The summed E-state index contributed by atoms with van der Waals surface area (Å²) in [4.78, 5) is 40.6. The molecule has 8 nitrogen and oxygen atoms in total. The molecular formula is C24H31N5O3. The summed E-state index contributed by atoms with van der Waals surface area (Å²) < 4.78 is 0. The van der Waals surface area contributed by atoms with Gasteiger partial charge < -0.3 is 20.9 Å². The molecule has 0 bridgehead atoms. The molecule has 0 spiro atoms. The highest BCUT2D eigenvalue weighted by Gasteiger charge is 2.25.